The van der Waals surface area contributed by atoms with Crippen molar-refractivity contribution < 1.29 is 4.79 Å². The van der Waals surface area contributed by atoms with E-state index >= 15 is 0 Å². The second-order valence-corrected chi connectivity index (χ2v) is 5.12. The molecule has 0 aliphatic heterocycles. The Morgan fingerprint density at radius 1 is 1.33 bits per heavy atom. The van der Waals surface area contributed by atoms with Gasteiger partial charge in [0, 0.05) is 12.6 Å². The minimum Gasteiger partial charge on any atom is -0.336 e. The van der Waals surface area contributed by atoms with Gasteiger partial charge in [-0.2, -0.15) is 0 Å². The van der Waals surface area contributed by atoms with E-state index in [1.54, 1.807) is 0 Å². The maximum atomic E-state index is 11.5. The van der Waals surface area contributed by atoms with Crippen molar-refractivity contribution in [1.82, 2.24) is 10.6 Å². The summed E-state index contributed by atoms with van der Waals surface area (Å²) in [4.78, 5) is 11.5. The zero-order valence-electron chi connectivity index (χ0n) is 10.6. The van der Waals surface area contributed by atoms with E-state index < -0.39 is 0 Å². The number of nitrogens with one attached hydrogen (secondary N) is 2. The third kappa shape index (κ3) is 6.33. The minimum absolute atomic E-state index is 0.140. The SMILES string of the molecule is CC(C)CC(C)(CN)NC(=O)NC(C)C. The molecule has 0 aliphatic carbocycles. The first kappa shape index (κ1) is 14.2. The second-order valence-electron chi connectivity index (χ2n) is 5.12. The molecule has 0 fully saturated rings. The lowest BCUT2D eigenvalue weighted by Crippen LogP contribution is -2.56. The molecule has 0 saturated carbocycles. The van der Waals surface area contributed by atoms with Crippen molar-refractivity contribution in [3.05, 3.63) is 0 Å². The number of hydrogen-bond donors (Lipinski definition) is 3. The standard InChI is InChI=1S/C11H25N3O/c1-8(2)6-11(5,7-12)14-10(15)13-9(3)4/h8-9H,6-7,12H2,1-5H3,(H2,13,14,15). The van der Waals surface area contributed by atoms with Crippen molar-refractivity contribution in [3.63, 3.8) is 0 Å². The summed E-state index contributed by atoms with van der Waals surface area (Å²) in [6.07, 6.45) is 0.884. The third-order valence-electron chi connectivity index (χ3n) is 2.14. The highest BCUT2D eigenvalue weighted by atomic mass is 16.2. The molecule has 0 aromatic carbocycles. The molecule has 4 N–H and O–H groups in total. The smallest absolute Gasteiger partial charge is 0.315 e. The van der Waals surface area contributed by atoms with Crippen LogP contribution in [-0.4, -0.2) is 24.2 Å². The lowest BCUT2D eigenvalue weighted by molar-refractivity contribution is 0.219. The molecule has 0 spiro atoms. The van der Waals surface area contributed by atoms with Crippen LogP contribution in [0.2, 0.25) is 0 Å². The van der Waals surface area contributed by atoms with Gasteiger partial charge in [0.2, 0.25) is 0 Å². The van der Waals surface area contributed by atoms with Gasteiger partial charge < -0.3 is 16.4 Å². The predicted octanol–water partition coefficient (Wildman–Crippen LogP) is 1.46. The van der Waals surface area contributed by atoms with Gasteiger partial charge in [0.1, 0.15) is 0 Å². The molecule has 0 aromatic heterocycles. The molecular weight excluding hydrogens is 190 g/mol. The highest BCUT2D eigenvalue weighted by Gasteiger charge is 2.25. The molecule has 0 rings (SSSR count). The summed E-state index contributed by atoms with van der Waals surface area (Å²) in [6, 6.07) is 0.00433. The highest BCUT2D eigenvalue weighted by molar-refractivity contribution is 5.75. The molecule has 1 atom stereocenters. The van der Waals surface area contributed by atoms with Gasteiger partial charge >= 0.3 is 6.03 Å². The average molecular weight is 215 g/mol. The van der Waals surface area contributed by atoms with Gasteiger partial charge in [0.15, 0.2) is 0 Å². The van der Waals surface area contributed by atoms with Crippen molar-refractivity contribution in [3.8, 4) is 0 Å². The van der Waals surface area contributed by atoms with Crippen LogP contribution in [0.4, 0.5) is 4.79 Å². The first-order valence-corrected chi connectivity index (χ1v) is 5.58. The fraction of sp³-hybridized carbons (Fsp3) is 0.909. The van der Waals surface area contributed by atoms with E-state index in [2.05, 4.69) is 24.5 Å². The van der Waals surface area contributed by atoms with E-state index in [1.165, 1.54) is 0 Å². The summed E-state index contributed by atoms with van der Waals surface area (Å²) in [5.74, 6) is 0.512. The molecular formula is C11H25N3O. The Morgan fingerprint density at radius 2 is 1.87 bits per heavy atom. The first-order chi connectivity index (χ1) is 6.79. The number of carbonyl (C=O) groups is 1. The Balaban J connectivity index is 4.24. The Kier molecular flexibility index (Phi) is 5.65. The van der Waals surface area contributed by atoms with E-state index in [-0.39, 0.29) is 17.6 Å². The number of carbonyl (C=O) groups excluding carboxylic acids is 1. The van der Waals surface area contributed by atoms with Crippen LogP contribution in [0.1, 0.15) is 41.0 Å². The average Bonchev–Trinajstić information content (AvgIpc) is 2.00. The van der Waals surface area contributed by atoms with Crippen molar-refractivity contribution in [2.75, 3.05) is 6.54 Å². The molecule has 0 saturated heterocycles. The maximum absolute atomic E-state index is 11.5. The van der Waals surface area contributed by atoms with Gasteiger partial charge in [0.05, 0.1) is 5.54 Å². The number of nitrogens with two attached hydrogens (primary N) is 1. The van der Waals surface area contributed by atoms with E-state index in [0.29, 0.717) is 12.5 Å². The molecule has 0 radical (unpaired) electrons. The summed E-state index contributed by atoms with van der Waals surface area (Å²) in [5, 5.41) is 5.73. The molecule has 4 heteroatoms. The Morgan fingerprint density at radius 3 is 2.20 bits per heavy atom. The molecule has 0 heterocycles. The van der Waals surface area contributed by atoms with Gasteiger partial charge in [-0.25, -0.2) is 4.79 Å². The molecule has 15 heavy (non-hydrogen) atoms. The lowest BCUT2D eigenvalue weighted by atomic mass is 9.91. The molecule has 1 unspecified atom stereocenters. The summed E-state index contributed by atoms with van der Waals surface area (Å²) in [7, 11) is 0. The van der Waals surface area contributed by atoms with Gasteiger partial charge in [-0.1, -0.05) is 13.8 Å². The zero-order chi connectivity index (χ0) is 12.1. The minimum atomic E-state index is -0.312. The Hall–Kier alpha value is -0.770. The molecule has 2 amide bonds. The van der Waals surface area contributed by atoms with Crippen LogP contribution in [0.25, 0.3) is 0 Å². The van der Waals surface area contributed by atoms with Crippen molar-refractivity contribution in [2.45, 2.75) is 52.6 Å². The van der Waals surface area contributed by atoms with E-state index in [1.807, 2.05) is 20.8 Å². The fourth-order valence-electron chi connectivity index (χ4n) is 1.66. The molecule has 0 aliphatic rings. The molecule has 90 valence electrons. The van der Waals surface area contributed by atoms with E-state index in [0.717, 1.165) is 6.42 Å². The summed E-state index contributed by atoms with van der Waals surface area (Å²) in [5.41, 5.74) is 5.38. The quantitative estimate of drug-likeness (QED) is 0.650. The Labute approximate surface area is 93.0 Å². The van der Waals surface area contributed by atoms with Gasteiger partial charge in [-0.15, -0.1) is 0 Å². The fourth-order valence-corrected chi connectivity index (χ4v) is 1.66. The van der Waals surface area contributed by atoms with E-state index in [4.69, 9.17) is 5.73 Å². The highest BCUT2D eigenvalue weighted by Crippen LogP contribution is 2.14. The van der Waals surface area contributed by atoms with Gasteiger partial charge in [0.25, 0.3) is 0 Å². The van der Waals surface area contributed by atoms with Crippen molar-refractivity contribution in [1.29, 1.82) is 0 Å². The van der Waals surface area contributed by atoms with Crippen LogP contribution in [0, 0.1) is 5.92 Å². The van der Waals surface area contributed by atoms with Crippen molar-refractivity contribution in [2.24, 2.45) is 11.7 Å². The third-order valence-corrected chi connectivity index (χ3v) is 2.14. The number of hydrogen-bond acceptors (Lipinski definition) is 2. The van der Waals surface area contributed by atoms with Crippen LogP contribution >= 0.6 is 0 Å². The largest absolute Gasteiger partial charge is 0.336 e. The molecule has 0 bridgehead atoms. The first-order valence-electron chi connectivity index (χ1n) is 5.58. The van der Waals surface area contributed by atoms with Crippen LogP contribution in [0.3, 0.4) is 0 Å². The molecule has 4 nitrogen and oxygen atoms in total. The lowest BCUT2D eigenvalue weighted by Gasteiger charge is -2.31. The zero-order valence-corrected chi connectivity index (χ0v) is 10.6. The van der Waals surface area contributed by atoms with E-state index in [9.17, 15) is 4.79 Å². The topological polar surface area (TPSA) is 67.1 Å². The van der Waals surface area contributed by atoms with Crippen molar-refractivity contribution >= 4 is 6.03 Å². The summed E-state index contributed by atoms with van der Waals surface area (Å²) >= 11 is 0. The summed E-state index contributed by atoms with van der Waals surface area (Å²) < 4.78 is 0. The number of amides is 2. The summed E-state index contributed by atoms with van der Waals surface area (Å²) in [6.45, 7) is 10.5. The molecule has 0 aromatic rings. The van der Waals surface area contributed by atoms with Crippen LogP contribution in [-0.2, 0) is 0 Å². The number of urea groups is 1. The van der Waals surface area contributed by atoms with Crippen LogP contribution in [0.15, 0.2) is 0 Å². The normalized spacial score (nSPS) is 15.2. The monoisotopic (exact) mass is 215 g/mol. The maximum Gasteiger partial charge on any atom is 0.315 e. The number of rotatable bonds is 5. The van der Waals surface area contributed by atoms with Gasteiger partial charge in [-0.3, -0.25) is 0 Å². The Bertz CT molecular complexity index is 204. The van der Waals surface area contributed by atoms with Crippen LogP contribution in [0.5, 0.6) is 0 Å². The van der Waals surface area contributed by atoms with Crippen LogP contribution < -0.4 is 16.4 Å². The predicted molar refractivity (Wildman–Crippen MR) is 63.7 cm³/mol. The van der Waals surface area contributed by atoms with Gasteiger partial charge in [-0.05, 0) is 33.1 Å². The second kappa shape index (κ2) is 5.95.